The average molecular weight is 343 g/mol. The molecule has 1 unspecified atom stereocenters. The normalized spacial score (nSPS) is 24.8. The van der Waals surface area contributed by atoms with Crippen LogP contribution in [0.2, 0.25) is 0 Å². The summed E-state index contributed by atoms with van der Waals surface area (Å²) >= 11 is 0. The van der Waals surface area contributed by atoms with Gasteiger partial charge in [-0.3, -0.25) is 9.59 Å². The first-order valence-electron chi connectivity index (χ1n) is 9.38. The molecule has 1 aromatic rings. The summed E-state index contributed by atoms with van der Waals surface area (Å²) in [5.41, 5.74) is 1.99. The third kappa shape index (κ3) is 4.60. The van der Waals surface area contributed by atoms with Crippen LogP contribution in [-0.2, 0) is 4.79 Å². The second-order valence-corrected chi connectivity index (χ2v) is 7.50. The zero-order valence-corrected chi connectivity index (χ0v) is 15.3. The number of benzene rings is 1. The van der Waals surface area contributed by atoms with Gasteiger partial charge in [0, 0.05) is 38.2 Å². The highest BCUT2D eigenvalue weighted by molar-refractivity contribution is 5.94. The third-order valence-electron chi connectivity index (χ3n) is 5.45. The van der Waals surface area contributed by atoms with Crippen molar-refractivity contribution in [2.45, 2.75) is 44.6 Å². The summed E-state index contributed by atoms with van der Waals surface area (Å²) in [5.74, 6) is 0.568. The largest absolute Gasteiger partial charge is 0.348 e. The quantitative estimate of drug-likeness (QED) is 0.916. The summed E-state index contributed by atoms with van der Waals surface area (Å²) in [6.07, 6.45) is 4.27. The van der Waals surface area contributed by atoms with E-state index in [1.165, 1.54) is 18.4 Å². The molecule has 1 aromatic carbocycles. The fourth-order valence-electron chi connectivity index (χ4n) is 4.02. The van der Waals surface area contributed by atoms with Crippen LogP contribution < -0.4 is 5.32 Å². The van der Waals surface area contributed by atoms with Crippen molar-refractivity contribution in [2.24, 2.45) is 0 Å². The number of nitrogens with zero attached hydrogens (tertiary/aromatic N) is 2. The average Bonchev–Trinajstić information content (AvgIpc) is 2.62. The maximum Gasteiger partial charge on any atom is 0.251 e. The monoisotopic (exact) mass is 343 g/mol. The van der Waals surface area contributed by atoms with Crippen molar-refractivity contribution in [3.63, 3.8) is 0 Å². The summed E-state index contributed by atoms with van der Waals surface area (Å²) in [7, 11) is 2.16. The van der Waals surface area contributed by atoms with Crippen molar-refractivity contribution < 1.29 is 9.59 Å². The molecule has 0 spiro atoms. The second kappa shape index (κ2) is 8.00. The molecule has 25 heavy (non-hydrogen) atoms. The van der Waals surface area contributed by atoms with E-state index in [-0.39, 0.29) is 17.9 Å². The highest BCUT2D eigenvalue weighted by Crippen LogP contribution is 2.26. The molecule has 3 rings (SSSR count). The molecule has 2 heterocycles. The van der Waals surface area contributed by atoms with E-state index < -0.39 is 0 Å². The molecule has 2 aliphatic heterocycles. The van der Waals surface area contributed by atoms with Gasteiger partial charge in [0.2, 0.25) is 5.91 Å². The van der Waals surface area contributed by atoms with Gasteiger partial charge in [0.25, 0.3) is 5.91 Å². The van der Waals surface area contributed by atoms with Crippen LogP contribution in [0.1, 0.15) is 54.4 Å². The van der Waals surface area contributed by atoms with E-state index in [2.05, 4.69) is 23.3 Å². The van der Waals surface area contributed by atoms with Crippen LogP contribution in [0.3, 0.4) is 0 Å². The molecule has 2 amide bonds. The number of amides is 2. The van der Waals surface area contributed by atoms with Gasteiger partial charge in [0.1, 0.15) is 0 Å². The summed E-state index contributed by atoms with van der Waals surface area (Å²) < 4.78 is 0. The number of hydrogen-bond donors (Lipinski definition) is 1. The lowest BCUT2D eigenvalue weighted by Crippen LogP contribution is -2.49. The van der Waals surface area contributed by atoms with Crippen molar-refractivity contribution >= 4 is 11.8 Å². The summed E-state index contributed by atoms with van der Waals surface area (Å²) in [6.45, 7) is 5.22. The predicted octanol–water partition coefficient (Wildman–Crippen LogP) is 2.24. The van der Waals surface area contributed by atoms with Gasteiger partial charge in [-0.25, -0.2) is 0 Å². The first-order chi connectivity index (χ1) is 12.0. The number of nitrogens with one attached hydrogen (secondary N) is 1. The summed E-state index contributed by atoms with van der Waals surface area (Å²) in [6, 6.07) is 8.11. The van der Waals surface area contributed by atoms with E-state index in [4.69, 9.17) is 0 Å². The lowest BCUT2D eigenvalue weighted by molar-refractivity contribution is -0.130. The fourth-order valence-corrected chi connectivity index (χ4v) is 4.02. The second-order valence-electron chi connectivity index (χ2n) is 7.50. The van der Waals surface area contributed by atoms with Crippen LogP contribution in [0.15, 0.2) is 24.3 Å². The molecular weight excluding hydrogens is 314 g/mol. The Morgan fingerprint density at radius 3 is 2.68 bits per heavy atom. The Kier molecular flexibility index (Phi) is 5.74. The van der Waals surface area contributed by atoms with Gasteiger partial charge in [-0.2, -0.15) is 0 Å². The van der Waals surface area contributed by atoms with Gasteiger partial charge in [-0.15, -0.1) is 0 Å². The van der Waals surface area contributed by atoms with Crippen LogP contribution in [0.4, 0.5) is 0 Å². The minimum Gasteiger partial charge on any atom is -0.348 e. The molecule has 0 aliphatic carbocycles. The Morgan fingerprint density at radius 1 is 1.12 bits per heavy atom. The molecule has 0 aromatic heterocycles. The molecule has 5 heteroatoms. The molecule has 136 valence electrons. The predicted molar refractivity (Wildman–Crippen MR) is 98.7 cm³/mol. The zero-order valence-electron chi connectivity index (χ0n) is 15.3. The SMILES string of the molecule is CC(=O)N1CCC[C@H](NC(=O)c2cccc(C3CCCN(C)C3)c2)C1. The van der Waals surface area contributed by atoms with Crippen LogP contribution >= 0.6 is 0 Å². The highest BCUT2D eigenvalue weighted by Gasteiger charge is 2.24. The zero-order chi connectivity index (χ0) is 17.8. The van der Waals surface area contributed by atoms with Gasteiger partial charge in [-0.1, -0.05) is 12.1 Å². The van der Waals surface area contributed by atoms with Crippen LogP contribution in [0.25, 0.3) is 0 Å². The Bertz CT molecular complexity index is 631. The maximum atomic E-state index is 12.7. The molecular formula is C20H29N3O2. The first-order valence-corrected chi connectivity index (χ1v) is 9.38. The smallest absolute Gasteiger partial charge is 0.251 e. The number of carbonyl (C=O) groups excluding carboxylic acids is 2. The minimum atomic E-state index is -0.0265. The number of likely N-dealkylation sites (tertiary alicyclic amines) is 2. The molecule has 0 radical (unpaired) electrons. The Balaban J connectivity index is 1.64. The maximum absolute atomic E-state index is 12.7. The van der Waals surface area contributed by atoms with Crippen LogP contribution in [0, 0.1) is 0 Å². The lowest BCUT2D eigenvalue weighted by Gasteiger charge is -2.32. The van der Waals surface area contributed by atoms with E-state index in [0.717, 1.165) is 38.0 Å². The highest BCUT2D eigenvalue weighted by atomic mass is 16.2. The molecule has 2 fully saturated rings. The topological polar surface area (TPSA) is 52.7 Å². The number of hydrogen-bond acceptors (Lipinski definition) is 3. The Morgan fingerprint density at radius 2 is 1.92 bits per heavy atom. The molecule has 2 aliphatic rings. The van der Waals surface area contributed by atoms with Gasteiger partial charge >= 0.3 is 0 Å². The van der Waals surface area contributed by atoms with Crippen molar-refractivity contribution in [1.82, 2.24) is 15.1 Å². The van der Waals surface area contributed by atoms with Crippen LogP contribution in [0.5, 0.6) is 0 Å². The van der Waals surface area contributed by atoms with Crippen molar-refractivity contribution in [3.8, 4) is 0 Å². The van der Waals surface area contributed by atoms with E-state index in [0.29, 0.717) is 12.5 Å². The fraction of sp³-hybridized carbons (Fsp3) is 0.600. The minimum absolute atomic E-state index is 0.0265. The van der Waals surface area contributed by atoms with Gasteiger partial charge in [-0.05, 0) is 62.9 Å². The Labute approximate surface area is 150 Å². The van der Waals surface area contributed by atoms with Gasteiger partial charge < -0.3 is 15.1 Å². The first kappa shape index (κ1) is 17.9. The van der Waals surface area contributed by atoms with Gasteiger partial charge in [0.05, 0.1) is 0 Å². The molecule has 5 nitrogen and oxygen atoms in total. The number of piperidine rings is 2. The van der Waals surface area contributed by atoms with E-state index in [9.17, 15) is 9.59 Å². The molecule has 2 atom stereocenters. The molecule has 2 saturated heterocycles. The van der Waals surface area contributed by atoms with Crippen molar-refractivity contribution in [1.29, 1.82) is 0 Å². The molecule has 1 N–H and O–H groups in total. The van der Waals surface area contributed by atoms with E-state index in [1.807, 2.05) is 23.1 Å². The van der Waals surface area contributed by atoms with Crippen molar-refractivity contribution in [2.75, 3.05) is 33.2 Å². The standard InChI is InChI=1S/C20H29N3O2/c1-15(24)23-11-5-9-19(14-23)21-20(25)17-7-3-6-16(12-17)18-8-4-10-22(2)13-18/h3,6-7,12,18-19H,4-5,8-11,13-14H2,1-2H3,(H,21,25)/t18?,19-/m0/s1. The van der Waals surface area contributed by atoms with Crippen LogP contribution in [-0.4, -0.2) is 60.9 Å². The lowest BCUT2D eigenvalue weighted by atomic mass is 9.90. The molecule has 0 bridgehead atoms. The van der Waals surface area contributed by atoms with E-state index >= 15 is 0 Å². The third-order valence-corrected chi connectivity index (χ3v) is 5.45. The molecule has 0 saturated carbocycles. The number of carbonyl (C=O) groups is 2. The van der Waals surface area contributed by atoms with Gasteiger partial charge in [0.15, 0.2) is 0 Å². The summed E-state index contributed by atoms with van der Waals surface area (Å²) in [4.78, 5) is 28.4. The van der Waals surface area contributed by atoms with E-state index in [1.54, 1.807) is 6.92 Å². The van der Waals surface area contributed by atoms with Crippen molar-refractivity contribution in [3.05, 3.63) is 35.4 Å². The number of likely N-dealkylation sites (N-methyl/N-ethyl adjacent to an activating group) is 1. The Hall–Kier alpha value is -1.88. The number of rotatable bonds is 3. The summed E-state index contributed by atoms with van der Waals surface area (Å²) in [5, 5.41) is 3.12.